The molecule has 1 amide bonds. The fourth-order valence-corrected chi connectivity index (χ4v) is 3.65. The van der Waals surface area contributed by atoms with E-state index < -0.39 is 0 Å². The zero-order valence-corrected chi connectivity index (χ0v) is 15.3. The molecule has 1 saturated heterocycles. The number of imidazole rings is 1. The lowest BCUT2D eigenvalue weighted by molar-refractivity contribution is 0.0701. The van der Waals surface area contributed by atoms with Crippen molar-refractivity contribution in [1.82, 2.24) is 29.4 Å². The van der Waals surface area contributed by atoms with Crippen LogP contribution in [0.4, 0.5) is 0 Å². The number of rotatable bonds is 4. The standard InChI is InChI=1S/C20H22N6O/c1-15-18(11-22-14-24-15)20(27)26-8-3-5-17(13-26)19-23-7-9-25(19)12-16-4-2-6-21-10-16/h2,4,6-7,9-11,14,17H,3,5,8,12-13H2,1H3/t17-/m0/s1. The quantitative estimate of drug-likeness (QED) is 0.712. The maximum absolute atomic E-state index is 12.9. The Labute approximate surface area is 158 Å². The molecule has 3 aromatic rings. The Morgan fingerprint density at radius 2 is 2.15 bits per heavy atom. The molecule has 0 aromatic carbocycles. The lowest BCUT2D eigenvalue weighted by Crippen LogP contribution is -2.40. The summed E-state index contributed by atoms with van der Waals surface area (Å²) in [5, 5.41) is 0. The smallest absolute Gasteiger partial charge is 0.257 e. The largest absolute Gasteiger partial charge is 0.338 e. The van der Waals surface area contributed by atoms with E-state index in [2.05, 4.69) is 30.6 Å². The highest BCUT2D eigenvalue weighted by atomic mass is 16.2. The molecular weight excluding hydrogens is 340 g/mol. The molecule has 0 bridgehead atoms. The van der Waals surface area contributed by atoms with Crippen LogP contribution in [0.2, 0.25) is 0 Å². The number of likely N-dealkylation sites (tertiary alicyclic amines) is 1. The third-order valence-corrected chi connectivity index (χ3v) is 5.04. The predicted octanol–water partition coefficient (Wildman–Crippen LogP) is 2.44. The van der Waals surface area contributed by atoms with Gasteiger partial charge in [0.2, 0.25) is 0 Å². The average molecular weight is 362 g/mol. The van der Waals surface area contributed by atoms with Crippen molar-refractivity contribution in [2.75, 3.05) is 13.1 Å². The SMILES string of the molecule is Cc1ncncc1C(=O)N1CCC[C@H](c2nccn2Cc2cccnc2)C1. The summed E-state index contributed by atoms with van der Waals surface area (Å²) in [7, 11) is 0. The topological polar surface area (TPSA) is 76.8 Å². The first-order chi connectivity index (χ1) is 13.2. The first kappa shape index (κ1) is 17.3. The number of hydrogen-bond acceptors (Lipinski definition) is 5. The van der Waals surface area contributed by atoms with Crippen molar-refractivity contribution in [3.05, 3.63) is 72.1 Å². The zero-order valence-electron chi connectivity index (χ0n) is 15.3. The first-order valence-corrected chi connectivity index (χ1v) is 9.18. The third kappa shape index (κ3) is 3.72. The van der Waals surface area contributed by atoms with Gasteiger partial charge >= 0.3 is 0 Å². The van der Waals surface area contributed by atoms with Gasteiger partial charge in [-0.1, -0.05) is 6.07 Å². The summed E-state index contributed by atoms with van der Waals surface area (Å²) < 4.78 is 2.16. The third-order valence-electron chi connectivity index (χ3n) is 5.04. The van der Waals surface area contributed by atoms with Crippen molar-refractivity contribution in [1.29, 1.82) is 0 Å². The molecule has 1 aliphatic rings. The van der Waals surface area contributed by atoms with E-state index in [9.17, 15) is 4.79 Å². The fraction of sp³-hybridized carbons (Fsp3) is 0.350. The highest BCUT2D eigenvalue weighted by Gasteiger charge is 2.28. The Morgan fingerprint density at radius 1 is 1.22 bits per heavy atom. The van der Waals surface area contributed by atoms with Crippen molar-refractivity contribution < 1.29 is 4.79 Å². The highest BCUT2D eigenvalue weighted by Crippen LogP contribution is 2.27. The van der Waals surface area contributed by atoms with Crippen molar-refractivity contribution in [2.45, 2.75) is 32.2 Å². The molecule has 1 fully saturated rings. The van der Waals surface area contributed by atoms with Gasteiger partial charge < -0.3 is 9.47 Å². The van der Waals surface area contributed by atoms with Gasteiger partial charge in [-0.15, -0.1) is 0 Å². The minimum Gasteiger partial charge on any atom is -0.338 e. The molecule has 7 nitrogen and oxygen atoms in total. The number of nitrogens with zero attached hydrogens (tertiary/aromatic N) is 6. The van der Waals surface area contributed by atoms with Crippen LogP contribution in [-0.4, -0.2) is 48.4 Å². The minimum atomic E-state index is 0.00293. The molecule has 0 unspecified atom stereocenters. The van der Waals surface area contributed by atoms with E-state index >= 15 is 0 Å². The van der Waals surface area contributed by atoms with Crippen LogP contribution in [-0.2, 0) is 6.54 Å². The Bertz CT molecular complexity index is 923. The van der Waals surface area contributed by atoms with Crippen molar-refractivity contribution >= 4 is 5.91 Å². The van der Waals surface area contributed by atoms with Gasteiger partial charge in [0, 0.05) is 50.0 Å². The van der Waals surface area contributed by atoms with Crippen molar-refractivity contribution in [3.63, 3.8) is 0 Å². The van der Waals surface area contributed by atoms with Gasteiger partial charge in [0.1, 0.15) is 12.2 Å². The molecule has 0 radical (unpaired) electrons. The van der Waals surface area contributed by atoms with Gasteiger partial charge in [0.15, 0.2) is 0 Å². The van der Waals surface area contributed by atoms with Gasteiger partial charge in [0.25, 0.3) is 5.91 Å². The number of amides is 1. The number of pyridine rings is 1. The second kappa shape index (κ2) is 7.65. The molecule has 1 atom stereocenters. The van der Waals surface area contributed by atoms with Crippen molar-refractivity contribution in [3.8, 4) is 0 Å². The molecule has 7 heteroatoms. The molecular formula is C20H22N6O. The van der Waals surface area contributed by atoms with Gasteiger partial charge in [-0.05, 0) is 31.4 Å². The monoisotopic (exact) mass is 362 g/mol. The van der Waals surface area contributed by atoms with E-state index in [4.69, 9.17) is 0 Å². The molecule has 4 heterocycles. The Kier molecular flexibility index (Phi) is 4.91. The summed E-state index contributed by atoms with van der Waals surface area (Å²) in [6, 6.07) is 4.00. The molecule has 27 heavy (non-hydrogen) atoms. The normalized spacial score (nSPS) is 17.1. The Hall–Kier alpha value is -3.09. The summed E-state index contributed by atoms with van der Waals surface area (Å²) in [5.74, 6) is 1.25. The summed E-state index contributed by atoms with van der Waals surface area (Å²) in [6.07, 6.45) is 12.6. The maximum atomic E-state index is 12.9. The first-order valence-electron chi connectivity index (χ1n) is 9.18. The summed E-state index contributed by atoms with van der Waals surface area (Å²) in [4.78, 5) is 31.8. The zero-order chi connectivity index (χ0) is 18.6. The van der Waals surface area contributed by atoms with Crippen LogP contribution in [0.1, 0.15) is 46.2 Å². The lowest BCUT2D eigenvalue weighted by atomic mass is 9.96. The molecule has 0 aliphatic carbocycles. The number of piperidine rings is 1. The number of carbonyl (C=O) groups excluding carboxylic acids is 1. The minimum absolute atomic E-state index is 0.00293. The van der Waals surface area contributed by atoms with E-state index in [0.29, 0.717) is 12.1 Å². The van der Waals surface area contributed by atoms with Crippen LogP contribution < -0.4 is 0 Å². The molecule has 3 aromatic heterocycles. The van der Waals surface area contributed by atoms with Crippen LogP contribution in [0.5, 0.6) is 0 Å². The molecule has 138 valence electrons. The van der Waals surface area contributed by atoms with Crippen LogP contribution in [0.25, 0.3) is 0 Å². The number of carbonyl (C=O) groups is 1. The predicted molar refractivity (Wildman–Crippen MR) is 100 cm³/mol. The highest BCUT2D eigenvalue weighted by molar-refractivity contribution is 5.95. The second-order valence-corrected chi connectivity index (χ2v) is 6.89. The summed E-state index contributed by atoms with van der Waals surface area (Å²) in [5.41, 5.74) is 2.43. The second-order valence-electron chi connectivity index (χ2n) is 6.89. The Morgan fingerprint density at radius 3 is 2.96 bits per heavy atom. The number of aromatic nitrogens is 5. The number of hydrogen-bond donors (Lipinski definition) is 0. The molecule has 4 rings (SSSR count). The van der Waals surface area contributed by atoms with Crippen LogP contribution >= 0.6 is 0 Å². The molecule has 0 N–H and O–H groups in total. The van der Waals surface area contributed by atoms with Gasteiger partial charge in [-0.25, -0.2) is 15.0 Å². The number of aryl methyl sites for hydroxylation is 1. The maximum Gasteiger partial charge on any atom is 0.257 e. The van der Waals surface area contributed by atoms with E-state index in [1.165, 1.54) is 6.33 Å². The average Bonchev–Trinajstić information content (AvgIpc) is 3.17. The van der Waals surface area contributed by atoms with Gasteiger partial charge in [0.05, 0.1) is 17.8 Å². The van der Waals surface area contributed by atoms with Crippen molar-refractivity contribution in [2.24, 2.45) is 0 Å². The van der Waals surface area contributed by atoms with Crippen LogP contribution in [0.15, 0.2) is 49.4 Å². The van der Waals surface area contributed by atoms with Crippen LogP contribution in [0.3, 0.4) is 0 Å². The fourth-order valence-electron chi connectivity index (χ4n) is 3.65. The van der Waals surface area contributed by atoms with E-state index in [0.717, 1.165) is 43.0 Å². The van der Waals surface area contributed by atoms with Crippen LogP contribution in [0, 0.1) is 6.92 Å². The lowest BCUT2D eigenvalue weighted by Gasteiger charge is -2.33. The summed E-state index contributed by atoms with van der Waals surface area (Å²) >= 11 is 0. The Balaban J connectivity index is 1.52. The van der Waals surface area contributed by atoms with Gasteiger partial charge in [-0.2, -0.15) is 0 Å². The van der Waals surface area contributed by atoms with Gasteiger partial charge in [-0.3, -0.25) is 9.78 Å². The van der Waals surface area contributed by atoms with E-state index in [-0.39, 0.29) is 11.8 Å². The summed E-state index contributed by atoms with van der Waals surface area (Å²) in [6.45, 7) is 4.00. The molecule has 0 saturated carbocycles. The van der Waals surface area contributed by atoms with E-state index in [1.807, 2.05) is 36.5 Å². The van der Waals surface area contributed by atoms with E-state index in [1.54, 1.807) is 12.4 Å². The molecule has 0 spiro atoms. The molecule has 1 aliphatic heterocycles.